The van der Waals surface area contributed by atoms with Crippen molar-refractivity contribution in [1.82, 2.24) is 0 Å². The second-order valence-corrected chi connectivity index (χ2v) is 4.86. The molecular formula is C10H20S. The molecule has 1 fully saturated rings. The molecule has 2 unspecified atom stereocenters. The smallest absolute Gasteiger partial charge is 0.00729 e. The minimum Gasteiger partial charge on any atom is -0.158 e. The lowest BCUT2D eigenvalue weighted by Gasteiger charge is -2.15. The van der Waals surface area contributed by atoms with Gasteiger partial charge >= 0.3 is 0 Å². The van der Waals surface area contributed by atoms with Crippen LogP contribution in [-0.4, -0.2) is 11.0 Å². The molecule has 1 saturated heterocycles. The maximum atomic E-state index is 2.34. The van der Waals surface area contributed by atoms with Gasteiger partial charge in [-0.2, -0.15) is 11.8 Å². The predicted octanol–water partition coefficient (Wildman–Crippen LogP) is 3.71. The van der Waals surface area contributed by atoms with Crippen molar-refractivity contribution >= 4 is 11.8 Å². The van der Waals surface area contributed by atoms with Crippen molar-refractivity contribution in [3.8, 4) is 0 Å². The number of rotatable bonds is 4. The Kier molecular flexibility index (Phi) is 4.36. The summed E-state index contributed by atoms with van der Waals surface area (Å²) >= 11 is 2.20. The van der Waals surface area contributed by atoms with Crippen molar-refractivity contribution in [3.05, 3.63) is 0 Å². The van der Waals surface area contributed by atoms with Crippen LogP contribution >= 0.6 is 11.8 Å². The zero-order chi connectivity index (χ0) is 8.10. The van der Waals surface area contributed by atoms with Gasteiger partial charge < -0.3 is 0 Å². The second kappa shape index (κ2) is 5.08. The second-order valence-electron chi connectivity index (χ2n) is 3.51. The van der Waals surface area contributed by atoms with Crippen LogP contribution in [0, 0.1) is 5.92 Å². The van der Waals surface area contributed by atoms with Gasteiger partial charge in [-0.15, -0.1) is 0 Å². The van der Waals surface area contributed by atoms with Crippen LogP contribution < -0.4 is 0 Å². The first-order chi connectivity index (χ1) is 5.38. The standard InChI is InChI=1S/C10H20S/c1-3-5-6-9-7-8-11-10(9)4-2/h9-10H,3-8H2,1-2H3. The van der Waals surface area contributed by atoms with E-state index in [-0.39, 0.29) is 0 Å². The van der Waals surface area contributed by atoms with Gasteiger partial charge in [-0.25, -0.2) is 0 Å². The third-order valence-electron chi connectivity index (χ3n) is 2.68. The van der Waals surface area contributed by atoms with Crippen molar-refractivity contribution in [2.75, 3.05) is 5.75 Å². The monoisotopic (exact) mass is 172 g/mol. The molecule has 1 rings (SSSR count). The van der Waals surface area contributed by atoms with Crippen LogP contribution in [-0.2, 0) is 0 Å². The van der Waals surface area contributed by atoms with Gasteiger partial charge in [0.1, 0.15) is 0 Å². The molecule has 0 aliphatic carbocycles. The average molecular weight is 172 g/mol. The summed E-state index contributed by atoms with van der Waals surface area (Å²) in [6.07, 6.45) is 7.18. The highest BCUT2D eigenvalue weighted by atomic mass is 32.2. The maximum absolute atomic E-state index is 2.34. The molecule has 0 nitrogen and oxygen atoms in total. The van der Waals surface area contributed by atoms with Gasteiger partial charge in [-0.1, -0.05) is 26.7 Å². The molecule has 0 bridgehead atoms. The molecule has 1 aliphatic heterocycles. The van der Waals surface area contributed by atoms with Gasteiger partial charge in [0, 0.05) is 5.25 Å². The topological polar surface area (TPSA) is 0 Å². The van der Waals surface area contributed by atoms with Crippen LogP contribution in [0.2, 0.25) is 0 Å². The van der Waals surface area contributed by atoms with Crippen LogP contribution in [0.4, 0.5) is 0 Å². The fourth-order valence-electron chi connectivity index (χ4n) is 1.94. The lowest BCUT2D eigenvalue weighted by atomic mass is 9.95. The van der Waals surface area contributed by atoms with E-state index in [0.29, 0.717) is 0 Å². The largest absolute Gasteiger partial charge is 0.158 e. The molecule has 0 aromatic rings. The van der Waals surface area contributed by atoms with E-state index in [0.717, 1.165) is 11.2 Å². The van der Waals surface area contributed by atoms with Crippen molar-refractivity contribution in [2.45, 2.75) is 51.2 Å². The molecule has 2 atom stereocenters. The summed E-state index contributed by atoms with van der Waals surface area (Å²) in [5.74, 6) is 2.48. The summed E-state index contributed by atoms with van der Waals surface area (Å²) in [5, 5.41) is 1.00. The summed E-state index contributed by atoms with van der Waals surface area (Å²) in [7, 11) is 0. The van der Waals surface area contributed by atoms with Gasteiger partial charge in [0.2, 0.25) is 0 Å². The fourth-order valence-corrected chi connectivity index (χ4v) is 3.46. The molecule has 0 N–H and O–H groups in total. The molecule has 0 amide bonds. The van der Waals surface area contributed by atoms with E-state index < -0.39 is 0 Å². The molecule has 0 aromatic carbocycles. The Morgan fingerprint density at radius 2 is 2.18 bits per heavy atom. The summed E-state index contributed by atoms with van der Waals surface area (Å²) in [5.41, 5.74) is 0. The molecule has 0 spiro atoms. The van der Waals surface area contributed by atoms with E-state index in [9.17, 15) is 0 Å². The maximum Gasteiger partial charge on any atom is 0.00729 e. The highest BCUT2D eigenvalue weighted by Crippen LogP contribution is 2.37. The van der Waals surface area contributed by atoms with Crippen molar-refractivity contribution in [2.24, 2.45) is 5.92 Å². The Morgan fingerprint density at radius 1 is 1.36 bits per heavy atom. The van der Waals surface area contributed by atoms with Crippen molar-refractivity contribution < 1.29 is 0 Å². The Labute approximate surface area is 75.1 Å². The third-order valence-corrected chi connectivity index (χ3v) is 4.29. The van der Waals surface area contributed by atoms with Gasteiger partial charge in [-0.3, -0.25) is 0 Å². The fraction of sp³-hybridized carbons (Fsp3) is 1.00. The van der Waals surface area contributed by atoms with Crippen molar-refractivity contribution in [3.63, 3.8) is 0 Å². The van der Waals surface area contributed by atoms with Gasteiger partial charge in [0.05, 0.1) is 0 Å². The summed E-state index contributed by atoms with van der Waals surface area (Å²) in [6, 6.07) is 0. The lowest BCUT2D eigenvalue weighted by molar-refractivity contribution is 0.449. The SMILES string of the molecule is CCCCC1CCSC1CC. The van der Waals surface area contributed by atoms with E-state index in [4.69, 9.17) is 0 Å². The predicted molar refractivity (Wildman–Crippen MR) is 54.2 cm³/mol. The van der Waals surface area contributed by atoms with Crippen LogP contribution in [0.15, 0.2) is 0 Å². The molecule has 1 aliphatic rings. The first-order valence-electron chi connectivity index (χ1n) is 5.00. The Bertz CT molecular complexity index is 101. The summed E-state index contributed by atoms with van der Waals surface area (Å²) in [4.78, 5) is 0. The summed E-state index contributed by atoms with van der Waals surface area (Å²) < 4.78 is 0. The average Bonchev–Trinajstić information content (AvgIpc) is 2.47. The lowest BCUT2D eigenvalue weighted by Crippen LogP contribution is -2.09. The molecule has 11 heavy (non-hydrogen) atoms. The van der Waals surface area contributed by atoms with Crippen molar-refractivity contribution in [1.29, 1.82) is 0 Å². The van der Waals surface area contributed by atoms with Crippen LogP contribution in [0.25, 0.3) is 0 Å². The van der Waals surface area contributed by atoms with E-state index in [1.807, 2.05) is 0 Å². The summed E-state index contributed by atoms with van der Waals surface area (Å²) in [6.45, 7) is 4.63. The van der Waals surface area contributed by atoms with Gasteiger partial charge in [0.25, 0.3) is 0 Å². The van der Waals surface area contributed by atoms with Crippen LogP contribution in [0.5, 0.6) is 0 Å². The van der Waals surface area contributed by atoms with E-state index in [1.165, 1.54) is 37.9 Å². The third kappa shape index (κ3) is 2.70. The quantitative estimate of drug-likeness (QED) is 0.623. The Morgan fingerprint density at radius 3 is 2.82 bits per heavy atom. The zero-order valence-electron chi connectivity index (χ0n) is 7.81. The molecule has 0 saturated carbocycles. The van der Waals surface area contributed by atoms with Crippen LogP contribution in [0.3, 0.4) is 0 Å². The van der Waals surface area contributed by atoms with Crippen LogP contribution in [0.1, 0.15) is 46.0 Å². The Hall–Kier alpha value is 0.350. The first kappa shape index (κ1) is 9.44. The van der Waals surface area contributed by atoms with Gasteiger partial charge in [0.15, 0.2) is 0 Å². The highest BCUT2D eigenvalue weighted by molar-refractivity contribution is 8.00. The number of thioether (sulfide) groups is 1. The minimum atomic E-state index is 1.00. The Balaban J connectivity index is 2.20. The molecular weight excluding hydrogens is 152 g/mol. The first-order valence-corrected chi connectivity index (χ1v) is 6.05. The molecule has 1 heterocycles. The highest BCUT2D eigenvalue weighted by Gasteiger charge is 2.25. The molecule has 1 heteroatoms. The molecule has 0 radical (unpaired) electrons. The van der Waals surface area contributed by atoms with E-state index in [1.54, 1.807) is 0 Å². The number of hydrogen-bond donors (Lipinski definition) is 0. The number of hydrogen-bond acceptors (Lipinski definition) is 1. The zero-order valence-corrected chi connectivity index (χ0v) is 8.62. The number of unbranched alkanes of at least 4 members (excludes halogenated alkanes) is 1. The van der Waals surface area contributed by atoms with Gasteiger partial charge in [-0.05, 0) is 30.9 Å². The molecule has 66 valence electrons. The van der Waals surface area contributed by atoms with E-state index in [2.05, 4.69) is 25.6 Å². The van der Waals surface area contributed by atoms with E-state index >= 15 is 0 Å². The minimum absolute atomic E-state index is 1.00. The normalized spacial score (nSPS) is 31.1. The molecule has 0 aromatic heterocycles.